The van der Waals surface area contributed by atoms with Crippen LogP contribution in [-0.2, 0) is 14.8 Å². The van der Waals surface area contributed by atoms with Crippen LogP contribution in [0, 0.1) is 0 Å². The van der Waals surface area contributed by atoms with Crippen LogP contribution in [0.25, 0.3) is 0 Å². The van der Waals surface area contributed by atoms with E-state index >= 15 is 0 Å². The number of nitrogens with two attached hydrogens (primary N) is 1. The number of unbranched alkanes of at least 4 members (excludes halogenated alkanes) is 6. The van der Waals surface area contributed by atoms with Gasteiger partial charge in [0.05, 0.1) is 11.9 Å². The fourth-order valence-electron chi connectivity index (χ4n) is 1.61. The first-order chi connectivity index (χ1) is 7.92. The average molecular weight is 265 g/mol. The van der Waals surface area contributed by atoms with Gasteiger partial charge in [-0.2, -0.15) is 0 Å². The molecule has 0 aliphatic heterocycles. The van der Waals surface area contributed by atoms with Crippen LogP contribution in [0.1, 0.15) is 58.8 Å². The van der Waals surface area contributed by atoms with Crippen LogP contribution in [0.4, 0.5) is 0 Å². The summed E-state index contributed by atoms with van der Waals surface area (Å²) in [6.45, 7) is 4.94. The summed E-state index contributed by atoms with van der Waals surface area (Å²) in [5, 5.41) is 4.91. The van der Waals surface area contributed by atoms with Crippen molar-refractivity contribution in [2.45, 2.75) is 64.9 Å². The van der Waals surface area contributed by atoms with E-state index in [0.29, 0.717) is 12.5 Å². The molecule has 5 heteroatoms. The smallest absolute Gasteiger partial charge is 0.209 e. The van der Waals surface area contributed by atoms with Crippen molar-refractivity contribution < 1.29 is 13.2 Å². The second kappa shape index (κ2) is 9.85. The van der Waals surface area contributed by atoms with Gasteiger partial charge < -0.3 is 4.74 Å². The fraction of sp³-hybridized carbons (Fsp3) is 1.00. The maximum absolute atomic E-state index is 10.7. The van der Waals surface area contributed by atoms with E-state index in [4.69, 9.17) is 9.88 Å². The zero-order valence-electron chi connectivity index (χ0n) is 11.2. The van der Waals surface area contributed by atoms with Crippen LogP contribution in [-0.4, -0.2) is 26.9 Å². The quantitative estimate of drug-likeness (QED) is 0.583. The Kier molecular flexibility index (Phi) is 9.78. The summed E-state index contributed by atoms with van der Waals surface area (Å²) < 4.78 is 26.8. The van der Waals surface area contributed by atoms with Crippen molar-refractivity contribution in [2.75, 3.05) is 12.4 Å². The Morgan fingerprint density at radius 3 is 1.88 bits per heavy atom. The van der Waals surface area contributed by atoms with Crippen LogP contribution in [0.5, 0.6) is 0 Å². The summed E-state index contributed by atoms with van der Waals surface area (Å²) in [6.07, 6.45) is 7.77. The molecular formula is C12H27NO3S. The molecule has 0 aromatic rings. The number of rotatable bonds is 11. The number of primary sulfonamides is 1. The number of sulfonamides is 1. The van der Waals surface area contributed by atoms with Crippen molar-refractivity contribution in [1.29, 1.82) is 0 Å². The predicted octanol–water partition coefficient (Wildman–Crippen LogP) is 2.43. The van der Waals surface area contributed by atoms with Gasteiger partial charge in [0.15, 0.2) is 0 Å². The van der Waals surface area contributed by atoms with E-state index in [9.17, 15) is 8.42 Å². The lowest BCUT2D eigenvalue weighted by atomic mass is 10.1. The Bertz CT molecular complexity index is 263. The summed E-state index contributed by atoms with van der Waals surface area (Å²) in [5.41, 5.74) is 0. The third kappa shape index (κ3) is 15.9. The van der Waals surface area contributed by atoms with Crippen molar-refractivity contribution in [3.05, 3.63) is 0 Å². The average Bonchev–Trinajstić information content (AvgIpc) is 2.18. The van der Waals surface area contributed by atoms with Crippen LogP contribution >= 0.6 is 0 Å². The second-order valence-electron chi connectivity index (χ2n) is 4.76. The Morgan fingerprint density at radius 1 is 0.941 bits per heavy atom. The fourth-order valence-corrected chi connectivity index (χ4v) is 2.21. The molecule has 0 fully saturated rings. The maximum atomic E-state index is 10.7. The summed E-state index contributed by atoms with van der Waals surface area (Å²) in [4.78, 5) is 0. The molecule has 0 saturated carbocycles. The van der Waals surface area contributed by atoms with Crippen molar-refractivity contribution in [3.63, 3.8) is 0 Å². The van der Waals surface area contributed by atoms with E-state index in [0.717, 1.165) is 25.9 Å². The molecule has 0 rings (SSSR count). The van der Waals surface area contributed by atoms with Crippen molar-refractivity contribution in [3.8, 4) is 0 Å². The lowest BCUT2D eigenvalue weighted by Gasteiger charge is -2.06. The van der Waals surface area contributed by atoms with Crippen molar-refractivity contribution in [2.24, 2.45) is 5.14 Å². The van der Waals surface area contributed by atoms with Gasteiger partial charge in [0.25, 0.3) is 0 Å². The van der Waals surface area contributed by atoms with Gasteiger partial charge in [-0.05, 0) is 26.7 Å². The molecule has 0 unspecified atom stereocenters. The number of ether oxygens (including phenoxy) is 1. The summed E-state index contributed by atoms with van der Waals surface area (Å²) in [5.74, 6) is 0.120. The number of hydrogen-bond donors (Lipinski definition) is 1. The van der Waals surface area contributed by atoms with Crippen LogP contribution in [0.3, 0.4) is 0 Å². The molecule has 104 valence electrons. The summed E-state index contributed by atoms with van der Waals surface area (Å²) >= 11 is 0. The molecule has 0 spiro atoms. The molecule has 0 heterocycles. The summed E-state index contributed by atoms with van der Waals surface area (Å²) in [7, 11) is -3.25. The Labute approximate surface area is 106 Å². The molecule has 0 amide bonds. The van der Waals surface area contributed by atoms with Gasteiger partial charge in [-0.3, -0.25) is 0 Å². The molecule has 2 N–H and O–H groups in total. The predicted molar refractivity (Wildman–Crippen MR) is 71.4 cm³/mol. The van der Waals surface area contributed by atoms with Gasteiger partial charge in [0.1, 0.15) is 0 Å². The minimum atomic E-state index is -3.25. The first-order valence-corrected chi connectivity index (χ1v) is 8.25. The highest BCUT2D eigenvalue weighted by Crippen LogP contribution is 2.08. The molecule has 0 aromatic carbocycles. The molecule has 0 bridgehead atoms. The standard InChI is InChI=1S/C12H27NO3S/c1-12(2)16-10-8-6-4-3-5-7-9-11-17(13,14)15/h12H,3-11H2,1-2H3,(H2,13,14,15). The minimum Gasteiger partial charge on any atom is -0.379 e. The highest BCUT2D eigenvalue weighted by molar-refractivity contribution is 7.89. The van der Waals surface area contributed by atoms with E-state index in [1.807, 2.05) is 13.8 Å². The van der Waals surface area contributed by atoms with E-state index in [2.05, 4.69) is 0 Å². The molecule has 0 aromatic heterocycles. The lowest BCUT2D eigenvalue weighted by Crippen LogP contribution is -2.16. The maximum Gasteiger partial charge on any atom is 0.209 e. The van der Waals surface area contributed by atoms with Gasteiger partial charge >= 0.3 is 0 Å². The molecule has 0 saturated heterocycles. The first-order valence-electron chi connectivity index (χ1n) is 6.54. The normalized spacial score (nSPS) is 12.2. The minimum absolute atomic E-state index is 0.120. The zero-order chi connectivity index (χ0) is 13.1. The third-order valence-corrected chi connectivity index (χ3v) is 3.38. The Hall–Kier alpha value is -0.130. The molecule has 17 heavy (non-hydrogen) atoms. The van der Waals surface area contributed by atoms with E-state index in [1.54, 1.807) is 0 Å². The summed E-state index contributed by atoms with van der Waals surface area (Å²) in [6, 6.07) is 0. The Morgan fingerprint density at radius 2 is 1.41 bits per heavy atom. The Balaban J connectivity index is 3.09. The van der Waals surface area contributed by atoms with Gasteiger partial charge in [-0.25, -0.2) is 13.6 Å². The van der Waals surface area contributed by atoms with E-state index < -0.39 is 10.0 Å². The van der Waals surface area contributed by atoms with Gasteiger partial charge in [-0.1, -0.05) is 32.1 Å². The zero-order valence-corrected chi connectivity index (χ0v) is 12.0. The van der Waals surface area contributed by atoms with Gasteiger partial charge in [0.2, 0.25) is 10.0 Å². The van der Waals surface area contributed by atoms with Gasteiger partial charge in [0, 0.05) is 6.61 Å². The molecule has 4 nitrogen and oxygen atoms in total. The van der Waals surface area contributed by atoms with Crippen molar-refractivity contribution in [1.82, 2.24) is 0 Å². The van der Waals surface area contributed by atoms with Crippen LogP contribution in [0.15, 0.2) is 0 Å². The molecular weight excluding hydrogens is 238 g/mol. The second-order valence-corrected chi connectivity index (χ2v) is 6.50. The van der Waals surface area contributed by atoms with Gasteiger partial charge in [-0.15, -0.1) is 0 Å². The lowest BCUT2D eigenvalue weighted by molar-refractivity contribution is 0.0757. The van der Waals surface area contributed by atoms with Crippen molar-refractivity contribution >= 4 is 10.0 Å². The molecule has 0 aliphatic rings. The molecule has 0 atom stereocenters. The first kappa shape index (κ1) is 16.9. The highest BCUT2D eigenvalue weighted by Gasteiger charge is 2.01. The van der Waals surface area contributed by atoms with Crippen LogP contribution < -0.4 is 5.14 Å². The SMILES string of the molecule is CC(C)OCCCCCCCCCS(N)(=O)=O. The molecule has 0 radical (unpaired) electrons. The monoisotopic (exact) mass is 265 g/mol. The van der Waals surface area contributed by atoms with E-state index in [1.165, 1.54) is 19.3 Å². The number of hydrogen-bond acceptors (Lipinski definition) is 3. The highest BCUT2D eigenvalue weighted by atomic mass is 32.2. The van der Waals surface area contributed by atoms with E-state index in [-0.39, 0.29) is 5.75 Å². The molecule has 0 aliphatic carbocycles. The third-order valence-electron chi connectivity index (χ3n) is 2.52. The topological polar surface area (TPSA) is 69.4 Å². The van der Waals surface area contributed by atoms with Crippen LogP contribution in [0.2, 0.25) is 0 Å². The largest absolute Gasteiger partial charge is 0.379 e.